The zero-order valence-corrected chi connectivity index (χ0v) is 7.91. The van der Waals surface area contributed by atoms with Gasteiger partial charge in [-0.3, -0.25) is 9.78 Å². The monoisotopic (exact) mass is 217 g/mol. The first kappa shape index (κ1) is 11.4. The predicted octanol–water partition coefficient (Wildman–Crippen LogP) is 1.66. The van der Waals surface area contributed by atoms with Crippen molar-refractivity contribution in [1.82, 2.24) is 4.98 Å². The molecule has 0 atom stereocenters. The smallest absolute Gasteiger partial charge is 0.309 e. The van der Waals surface area contributed by atoms with E-state index in [1.807, 2.05) is 0 Å². The highest BCUT2D eigenvalue weighted by atomic mass is 19.3. The molecular weight excluding hydrogens is 208 g/mol. The molecule has 82 valence electrons. The lowest BCUT2D eigenvalue weighted by Crippen LogP contribution is -2.19. The molecule has 1 aromatic heterocycles. The molecule has 6 heteroatoms. The lowest BCUT2D eigenvalue weighted by Gasteiger charge is -2.13. The number of methoxy groups -OCH3 is 1. The second-order valence-corrected chi connectivity index (χ2v) is 2.86. The maximum absolute atomic E-state index is 13.2. The van der Waals surface area contributed by atoms with Crippen LogP contribution in [0.3, 0.4) is 0 Å². The molecule has 0 aliphatic rings. The summed E-state index contributed by atoms with van der Waals surface area (Å²) < 4.78 is 31.2. The maximum atomic E-state index is 13.2. The van der Waals surface area contributed by atoms with E-state index in [9.17, 15) is 13.6 Å². The first-order valence-corrected chi connectivity index (χ1v) is 4.06. The molecule has 0 aromatic carbocycles. The minimum Gasteiger partial charge on any atom is -0.497 e. The lowest BCUT2D eigenvalue weighted by molar-refractivity contribution is -0.145. The van der Waals surface area contributed by atoms with Crippen molar-refractivity contribution in [1.29, 1.82) is 0 Å². The molecule has 0 spiro atoms. The minimum atomic E-state index is -3.49. The number of halogens is 2. The molecule has 0 saturated carbocycles. The summed E-state index contributed by atoms with van der Waals surface area (Å²) in [6, 6.07) is 2.42. The third kappa shape index (κ3) is 2.87. The Hall–Kier alpha value is -1.72. The third-order valence-corrected chi connectivity index (χ3v) is 1.72. The summed E-state index contributed by atoms with van der Waals surface area (Å²) in [4.78, 5) is 13.6. The van der Waals surface area contributed by atoms with E-state index in [2.05, 4.69) is 4.98 Å². The van der Waals surface area contributed by atoms with E-state index in [1.165, 1.54) is 13.2 Å². The number of nitrogens with zero attached hydrogens (tertiary/aromatic N) is 1. The fraction of sp³-hybridized carbons (Fsp3) is 0.333. The van der Waals surface area contributed by atoms with E-state index < -0.39 is 24.0 Å². The molecule has 0 saturated heterocycles. The number of aliphatic carboxylic acids is 1. The van der Waals surface area contributed by atoms with Gasteiger partial charge in [0.1, 0.15) is 17.9 Å². The van der Waals surface area contributed by atoms with Crippen molar-refractivity contribution < 1.29 is 23.4 Å². The van der Waals surface area contributed by atoms with Gasteiger partial charge in [-0.05, 0) is 6.07 Å². The number of alkyl halides is 2. The van der Waals surface area contributed by atoms with Crippen LogP contribution in [0.2, 0.25) is 0 Å². The minimum absolute atomic E-state index is 0.213. The molecule has 0 aliphatic carbocycles. The number of hydrogen-bond donors (Lipinski definition) is 1. The molecule has 0 aliphatic heterocycles. The Morgan fingerprint density at radius 2 is 2.33 bits per heavy atom. The van der Waals surface area contributed by atoms with Crippen molar-refractivity contribution in [3.05, 3.63) is 24.0 Å². The van der Waals surface area contributed by atoms with Crippen LogP contribution in [0.1, 0.15) is 12.1 Å². The van der Waals surface area contributed by atoms with Crippen LogP contribution in [0.15, 0.2) is 18.3 Å². The Bertz CT molecular complexity index is 368. The van der Waals surface area contributed by atoms with Crippen molar-refractivity contribution in [2.45, 2.75) is 12.3 Å². The zero-order valence-electron chi connectivity index (χ0n) is 7.91. The van der Waals surface area contributed by atoms with E-state index in [1.54, 1.807) is 0 Å². The Morgan fingerprint density at radius 3 is 2.87 bits per heavy atom. The van der Waals surface area contributed by atoms with E-state index in [-0.39, 0.29) is 5.75 Å². The summed E-state index contributed by atoms with van der Waals surface area (Å²) in [6.07, 6.45) is -0.142. The Labute approximate surface area is 84.5 Å². The van der Waals surface area contributed by atoms with E-state index in [0.717, 1.165) is 12.3 Å². The summed E-state index contributed by atoms with van der Waals surface area (Å²) in [6.45, 7) is 0. The Morgan fingerprint density at radius 1 is 1.67 bits per heavy atom. The molecular formula is C9H9F2NO3. The van der Waals surface area contributed by atoms with Crippen molar-refractivity contribution >= 4 is 5.97 Å². The topological polar surface area (TPSA) is 59.4 Å². The van der Waals surface area contributed by atoms with E-state index >= 15 is 0 Å². The van der Waals surface area contributed by atoms with Gasteiger partial charge < -0.3 is 9.84 Å². The maximum Gasteiger partial charge on any atom is 0.309 e. The van der Waals surface area contributed by atoms with Crippen LogP contribution < -0.4 is 4.74 Å². The average molecular weight is 217 g/mol. The molecule has 1 heterocycles. The number of rotatable bonds is 4. The molecule has 15 heavy (non-hydrogen) atoms. The Kier molecular flexibility index (Phi) is 3.18. The summed E-state index contributed by atoms with van der Waals surface area (Å²) in [7, 11) is 1.33. The summed E-state index contributed by atoms with van der Waals surface area (Å²) in [5.41, 5.74) is -0.607. The van der Waals surface area contributed by atoms with Crippen molar-refractivity contribution in [3.8, 4) is 5.75 Å². The molecule has 0 bridgehead atoms. The first-order valence-electron chi connectivity index (χ1n) is 4.06. The van der Waals surface area contributed by atoms with Crippen LogP contribution in [0.5, 0.6) is 5.75 Å². The number of carboxylic acids is 1. The molecule has 0 fully saturated rings. The normalized spacial score (nSPS) is 11.1. The molecule has 1 N–H and O–H groups in total. The standard InChI is InChI=1S/C9H9F2NO3/c1-15-6-2-3-12-7(4-6)9(10,11)5-8(13)14/h2-4H,5H2,1H3,(H,13,14). The van der Waals surface area contributed by atoms with E-state index in [4.69, 9.17) is 9.84 Å². The van der Waals surface area contributed by atoms with Crippen LogP contribution in [0.4, 0.5) is 8.78 Å². The number of hydrogen-bond acceptors (Lipinski definition) is 3. The highest BCUT2D eigenvalue weighted by Crippen LogP contribution is 2.31. The van der Waals surface area contributed by atoms with Crippen molar-refractivity contribution in [2.75, 3.05) is 7.11 Å². The first-order chi connectivity index (χ1) is 6.95. The van der Waals surface area contributed by atoms with Gasteiger partial charge in [-0.1, -0.05) is 0 Å². The largest absolute Gasteiger partial charge is 0.497 e. The van der Waals surface area contributed by atoms with Crippen molar-refractivity contribution in [3.63, 3.8) is 0 Å². The van der Waals surface area contributed by atoms with Crippen LogP contribution in [-0.2, 0) is 10.7 Å². The second-order valence-electron chi connectivity index (χ2n) is 2.86. The average Bonchev–Trinajstić information content (AvgIpc) is 2.16. The van der Waals surface area contributed by atoms with Crippen molar-refractivity contribution in [2.24, 2.45) is 0 Å². The molecule has 0 radical (unpaired) electrons. The molecule has 4 nitrogen and oxygen atoms in total. The van der Waals surface area contributed by atoms with Gasteiger partial charge in [0, 0.05) is 12.3 Å². The third-order valence-electron chi connectivity index (χ3n) is 1.72. The van der Waals surface area contributed by atoms with Gasteiger partial charge in [0.15, 0.2) is 0 Å². The molecule has 1 aromatic rings. The molecule has 1 rings (SSSR count). The fourth-order valence-electron chi connectivity index (χ4n) is 1.02. The molecule has 0 unspecified atom stereocenters. The van der Waals surface area contributed by atoms with Gasteiger partial charge in [0.2, 0.25) is 0 Å². The summed E-state index contributed by atoms with van der Waals surface area (Å²) >= 11 is 0. The lowest BCUT2D eigenvalue weighted by atomic mass is 10.1. The summed E-state index contributed by atoms with van der Waals surface area (Å²) in [5, 5.41) is 8.30. The SMILES string of the molecule is COc1ccnc(C(F)(F)CC(=O)O)c1. The molecule has 0 amide bonds. The number of ether oxygens (including phenoxy) is 1. The van der Waals surface area contributed by atoms with Crippen LogP contribution >= 0.6 is 0 Å². The van der Waals surface area contributed by atoms with Gasteiger partial charge in [-0.25, -0.2) is 0 Å². The number of aromatic nitrogens is 1. The van der Waals surface area contributed by atoms with Crippen LogP contribution in [-0.4, -0.2) is 23.2 Å². The highest BCUT2D eigenvalue weighted by Gasteiger charge is 2.36. The van der Waals surface area contributed by atoms with Gasteiger partial charge >= 0.3 is 5.97 Å². The van der Waals surface area contributed by atoms with Crippen LogP contribution in [0.25, 0.3) is 0 Å². The number of carboxylic acid groups (broad SMARTS) is 1. The fourth-order valence-corrected chi connectivity index (χ4v) is 1.02. The van der Waals surface area contributed by atoms with E-state index in [0.29, 0.717) is 0 Å². The van der Waals surface area contributed by atoms with Crippen LogP contribution in [0, 0.1) is 0 Å². The second kappa shape index (κ2) is 4.20. The van der Waals surface area contributed by atoms with Gasteiger partial charge in [-0.15, -0.1) is 0 Å². The van der Waals surface area contributed by atoms with Gasteiger partial charge in [0.05, 0.1) is 7.11 Å². The predicted molar refractivity (Wildman–Crippen MR) is 46.9 cm³/mol. The Balaban J connectivity index is 2.98. The highest BCUT2D eigenvalue weighted by molar-refractivity contribution is 5.68. The summed E-state index contributed by atoms with van der Waals surface area (Å²) in [5.74, 6) is -4.85. The number of carbonyl (C=O) groups is 1. The quantitative estimate of drug-likeness (QED) is 0.833. The van der Waals surface area contributed by atoms with Gasteiger partial charge in [-0.2, -0.15) is 8.78 Å². The van der Waals surface area contributed by atoms with Gasteiger partial charge in [0.25, 0.3) is 5.92 Å². The zero-order chi connectivity index (χ0) is 11.5. The number of pyridine rings is 1.